The summed E-state index contributed by atoms with van der Waals surface area (Å²) in [6, 6.07) is -0.0155. The summed E-state index contributed by atoms with van der Waals surface area (Å²) in [5.74, 6) is 0.331. The van der Waals surface area contributed by atoms with Crippen LogP contribution >= 0.6 is 0 Å². The standard InChI is InChI=1S/C12H19N3O3/c1-17-10-11(16)14-7-15-12(10)18-9-6-4-2-3-5-8(9)13/h7-9H,2-6,13H2,1H3,(H,14,15,16). The molecule has 0 spiro atoms. The van der Waals surface area contributed by atoms with Crippen LogP contribution in [0.1, 0.15) is 32.1 Å². The Kier molecular flexibility index (Phi) is 4.19. The molecule has 100 valence electrons. The highest BCUT2D eigenvalue weighted by molar-refractivity contribution is 5.29. The van der Waals surface area contributed by atoms with Crippen LogP contribution in [-0.4, -0.2) is 29.2 Å². The Morgan fingerprint density at radius 1 is 1.39 bits per heavy atom. The van der Waals surface area contributed by atoms with Crippen LogP contribution in [0.25, 0.3) is 0 Å². The summed E-state index contributed by atoms with van der Waals surface area (Å²) in [5.41, 5.74) is 5.73. The lowest BCUT2D eigenvalue weighted by atomic mass is 10.1. The number of H-pyrrole nitrogens is 1. The van der Waals surface area contributed by atoms with Crippen molar-refractivity contribution in [3.05, 3.63) is 16.7 Å². The first-order valence-corrected chi connectivity index (χ1v) is 6.26. The van der Waals surface area contributed by atoms with E-state index in [4.69, 9.17) is 15.2 Å². The van der Waals surface area contributed by atoms with E-state index in [0.29, 0.717) is 0 Å². The fourth-order valence-electron chi connectivity index (χ4n) is 2.23. The van der Waals surface area contributed by atoms with Crippen LogP contribution in [0.3, 0.4) is 0 Å². The molecule has 0 bridgehead atoms. The smallest absolute Gasteiger partial charge is 0.297 e. The largest absolute Gasteiger partial charge is 0.487 e. The molecule has 1 aromatic rings. The van der Waals surface area contributed by atoms with Gasteiger partial charge in [0.2, 0.25) is 5.75 Å². The number of hydrogen-bond donors (Lipinski definition) is 2. The molecule has 0 aromatic carbocycles. The van der Waals surface area contributed by atoms with E-state index < -0.39 is 0 Å². The number of aromatic nitrogens is 2. The highest BCUT2D eigenvalue weighted by atomic mass is 16.5. The van der Waals surface area contributed by atoms with Gasteiger partial charge in [0.15, 0.2) is 0 Å². The van der Waals surface area contributed by atoms with Crippen molar-refractivity contribution in [3.63, 3.8) is 0 Å². The fourth-order valence-corrected chi connectivity index (χ4v) is 2.23. The molecule has 1 saturated carbocycles. The van der Waals surface area contributed by atoms with Crippen LogP contribution < -0.4 is 20.8 Å². The average Bonchev–Trinajstić information content (AvgIpc) is 2.55. The van der Waals surface area contributed by atoms with Gasteiger partial charge in [-0.25, -0.2) is 4.98 Å². The molecule has 1 fully saturated rings. The second-order valence-electron chi connectivity index (χ2n) is 4.53. The Labute approximate surface area is 106 Å². The van der Waals surface area contributed by atoms with Crippen molar-refractivity contribution in [1.82, 2.24) is 9.97 Å². The van der Waals surface area contributed by atoms with Crippen molar-refractivity contribution in [2.45, 2.75) is 44.2 Å². The van der Waals surface area contributed by atoms with Crippen molar-refractivity contribution in [2.24, 2.45) is 5.73 Å². The number of methoxy groups -OCH3 is 1. The molecule has 0 radical (unpaired) electrons. The highest BCUT2D eigenvalue weighted by Crippen LogP contribution is 2.24. The van der Waals surface area contributed by atoms with E-state index in [1.807, 2.05) is 0 Å². The lowest BCUT2D eigenvalue weighted by Gasteiger charge is -2.22. The molecule has 2 rings (SSSR count). The molecule has 2 atom stereocenters. The third-order valence-electron chi connectivity index (χ3n) is 3.25. The van der Waals surface area contributed by atoms with Crippen LogP contribution in [-0.2, 0) is 0 Å². The maximum atomic E-state index is 11.5. The van der Waals surface area contributed by atoms with Gasteiger partial charge in [-0.2, -0.15) is 0 Å². The van der Waals surface area contributed by atoms with E-state index in [2.05, 4.69) is 9.97 Å². The van der Waals surface area contributed by atoms with Crippen LogP contribution in [0.15, 0.2) is 11.1 Å². The molecule has 1 aliphatic carbocycles. The Bertz CT molecular complexity index is 446. The van der Waals surface area contributed by atoms with Gasteiger partial charge < -0.3 is 20.2 Å². The van der Waals surface area contributed by atoms with E-state index in [-0.39, 0.29) is 29.3 Å². The minimum Gasteiger partial charge on any atom is -0.487 e. The summed E-state index contributed by atoms with van der Waals surface area (Å²) in [4.78, 5) is 18.0. The third kappa shape index (κ3) is 2.81. The van der Waals surface area contributed by atoms with E-state index in [1.54, 1.807) is 0 Å². The predicted octanol–water partition coefficient (Wildman–Crippen LogP) is 0.817. The number of rotatable bonds is 3. The van der Waals surface area contributed by atoms with Crippen LogP contribution in [0.2, 0.25) is 0 Å². The third-order valence-corrected chi connectivity index (χ3v) is 3.25. The first-order chi connectivity index (χ1) is 8.72. The van der Waals surface area contributed by atoms with Crippen molar-refractivity contribution in [3.8, 4) is 11.6 Å². The first kappa shape index (κ1) is 12.9. The summed E-state index contributed by atoms with van der Waals surface area (Å²) < 4.78 is 10.8. The number of ether oxygens (including phenoxy) is 2. The van der Waals surface area contributed by atoms with E-state index >= 15 is 0 Å². The van der Waals surface area contributed by atoms with Gasteiger partial charge in [-0.15, -0.1) is 0 Å². The van der Waals surface area contributed by atoms with E-state index in [9.17, 15) is 4.79 Å². The summed E-state index contributed by atoms with van der Waals surface area (Å²) in [5, 5.41) is 0. The number of nitrogens with zero attached hydrogens (tertiary/aromatic N) is 1. The second-order valence-corrected chi connectivity index (χ2v) is 4.53. The van der Waals surface area contributed by atoms with Crippen molar-refractivity contribution >= 4 is 0 Å². The number of nitrogens with two attached hydrogens (primary N) is 1. The maximum absolute atomic E-state index is 11.5. The van der Waals surface area contributed by atoms with Gasteiger partial charge in [0, 0.05) is 6.04 Å². The number of nitrogens with one attached hydrogen (secondary N) is 1. The SMILES string of the molecule is COc1c(OC2CCCCCC2N)nc[nH]c1=O. The molecule has 6 nitrogen and oxygen atoms in total. The molecular weight excluding hydrogens is 234 g/mol. The molecule has 3 N–H and O–H groups in total. The normalized spacial score (nSPS) is 24.3. The summed E-state index contributed by atoms with van der Waals surface area (Å²) in [7, 11) is 1.42. The molecule has 1 heterocycles. The van der Waals surface area contributed by atoms with Gasteiger partial charge in [0.1, 0.15) is 6.10 Å². The lowest BCUT2D eigenvalue weighted by Crippen LogP contribution is -2.38. The number of hydrogen-bond acceptors (Lipinski definition) is 5. The first-order valence-electron chi connectivity index (χ1n) is 6.26. The molecule has 1 aliphatic rings. The molecule has 0 saturated heterocycles. The summed E-state index contributed by atoms with van der Waals surface area (Å²) >= 11 is 0. The van der Waals surface area contributed by atoms with Crippen molar-refractivity contribution < 1.29 is 9.47 Å². The highest BCUT2D eigenvalue weighted by Gasteiger charge is 2.24. The van der Waals surface area contributed by atoms with Gasteiger partial charge in [-0.05, 0) is 19.3 Å². The lowest BCUT2D eigenvalue weighted by molar-refractivity contribution is 0.149. The van der Waals surface area contributed by atoms with Crippen LogP contribution in [0.5, 0.6) is 11.6 Å². The van der Waals surface area contributed by atoms with Crippen molar-refractivity contribution in [1.29, 1.82) is 0 Å². The Morgan fingerprint density at radius 3 is 2.94 bits per heavy atom. The van der Waals surface area contributed by atoms with Gasteiger partial charge in [-0.3, -0.25) is 4.79 Å². The summed E-state index contributed by atoms with van der Waals surface area (Å²) in [6.07, 6.45) is 6.42. The van der Waals surface area contributed by atoms with Gasteiger partial charge in [0.05, 0.1) is 13.4 Å². The monoisotopic (exact) mass is 253 g/mol. The molecular formula is C12H19N3O3. The second kappa shape index (κ2) is 5.86. The van der Waals surface area contributed by atoms with E-state index in [1.165, 1.54) is 19.9 Å². The molecule has 0 aliphatic heterocycles. The summed E-state index contributed by atoms with van der Waals surface area (Å²) in [6.45, 7) is 0. The Hall–Kier alpha value is -1.56. The zero-order chi connectivity index (χ0) is 13.0. The Morgan fingerprint density at radius 2 is 2.17 bits per heavy atom. The Balaban J connectivity index is 2.17. The molecule has 18 heavy (non-hydrogen) atoms. The number of aromatic amines is 1. The molecule has 0 amide bonds. The maximum Gasteiger partial charge on any atom is 0.297 e. The van der Waals surface area contributed by atoms with Crippen molar-refractivity contribution in [2.75, 3.05) is 7.11 Å². The zero-order valence-electron chi connectivity index (χ0n) is 10.5. The van der Waals surface area contributed by atoms with E-state index in [0.717, 1.165) is 25.7 Å². The quantitative estimate of drug-likeness (QED) is 0.778. The van der Waals surface area contributed by atoms with Gasteiger partial charge in [-0.1, -0.05) is 12.8 Å². The topological polar surface area (TPSA) is 90.2 Å². The fraction of sp³-hybridized carbons (Fsp3) is 0.667. The average molecular weight is 253 g/mol. The zero-order valence-corrected chi connectivity index (χ0v) is 10.5. The van der Waals surface area contributed by atoms with Gasteiger partial charge in [0.25, 0.3) is 11.4 Å². The van der Waals surface area contributed by atoms with Crippen LogP contribution in [0.4, 0.5) is 0 Å². The minimum atomic E-state index is -0.343. The van der Waals surface area contributed by atoms with Crippen LogP contribution in [0, 0.1) is 0 Å². The molecule has 1 aromatic heterocycles. The van der Waals surface area contributed by atoms with Gasteiger partial charge >= 0.3 is 0 Å². The molecule has 2 unspecified atom stereocenters. The minimum absolute atomic E-state index is 0.0155. The molecule has 6 heteroatoms. The predicted molar refractivity (Wildman–Crippen MR) is 66.9 cm³/mol.